The molecule has 0 aromatic heterocycles. The highest BCUT2D eigenvalue weighted by Crippen LogP contribution is 1.79. The maximum Gasteiger partial charge on any atom is 0.332 e. The lowest BCUT2D eigenvalue weighted by Gasteiger charge is -1.97. The van der Waals surface area contributed by atoms with Crippen molar-refractivity contribution < 1.29 is 14.3 Å². The average molecular weight is 141 g/mol. The van der Waals surface area contributed by atoms with E-state index >= 15 is 0 Å². The number of ether oxygens (including phenoxy) is 2. The second-order valence-corrected chi connectivity index (χ2v) is 1.29. The van der Waals surface area contributed by atoms with Crippen molar-refractivity contribution in [2.75, 3.05) is 13.4 Å². The standard InChI is InChI=1S/C6H7NO3/c1-2-6(8)10-5-9-4-3-7/h2H,1,4-5H2. The molecule has 0 rings (SSSR count). The van der Waals surface area contributed by atoms with E-state index in [0.717, 1.165) is 6.08 Å². The van der Waals surface area contributed by atoms with E-state index in [0.29, 0.717) is 0 Å². The van der Waals surface area contributed by atoms with Gasteiger partial charge in [0.15, 0.2) is 6.79 Å². The van der Waals surface area contributed by atoms with Gasteiger partial charge in [-0.1, -0.05) is 6.58 Å². The summed E-state index contributed by atoms with van der Waals surface area (Å²) in [5.74, 6) is -0.557. The zero-order valence-electron chi connectivity index (χ0n) is 5.37. The van der Waals surface area contributed by atoms with Gasteiger partial charge in [0.25, 0.3) is 0 Å². The van der Waals surface area contributed by atoms with E-state index in [9.17, 15) is 4.79 Å². The summed E-state index contributed by atoms with van der Waals surface area (Å²) in [6.45, 7) is 2.89. The van der Waals surface area contributed by atoms with Gasteiger partial charge in [-0.15, -0.1) is 0 Å². The number of rotatable bonds is 4. The topological polar surface area (TPSA) is 59.3 Å². The Balaban J connectivity index is 3.13. The molecular weight excluding hydrogens is 134 g/mol. The van der Waals surface area contributed by atoms with Gasteiger partial charge in [-0.05, 0) is 0 Å². The van der Waals surface area contributed by atoms with Crippen LogP contribution in [0.4, 0.5) is 0 Å². The SMILES string of the molecule is C=CC(=O)OCOCC#N. The minimum Gasteiger partial charge on any atom is -0.435 e. The lowest BCUT2D eigenvalue weighted by molar-refractivity contribution is -0.149. The van der Waals surface area contributed by atoms with E-state index < -0.39 is 5.97 Å². The van der Waals surface area contributed by atoms with Crippen molar-refractivity contribution in [1.29, 1.82) is 5.26 Å². The molecule has 0 aliphatic heterocycles. The van der Waals surface area contributed by atoms with Crippen LogP contribution in [0.3, 0.4) is 0 Å². The molecule has 0 aromatic rings. The molecule has 0 fully saturated rings. The minimum atomic E-state index is -0.557. The first-order valence-corrected chi connectivity index (χ1v) is 2.55. The molecule has 0 atom stereocenters. The number of carbonyl (C=O) groups is 1. The Morgan fingerprint density at radius 1 is 1.80 bits per heavy atom. The fraction of sp³-hybridized carbons (Fsp3) is 0.333. The molecule has 0 amide bonds. The molecule has 0 aliphatic rings. The summed E-state index contributed by atoms with van der Waals surface area (Å²) >= 11 is 0. The number of nitrogens with zero attached hydrogens (tertiary/aromatic N) is 1. The third kappa shape index (κ3) is 4.81. The van der Waals surface area contributed by atoms with Gasteiger partial charge in [-0.25, -0.2) is 4.79 Å². The molecule has 0 aromatic carbocycles. The maximum atomic E-state index is 10.3. The van der Waals surface area contributed by atoms with Crippen molar-refractivity contribution in [3.63, 3.8) is 0 Å². The van der Waals surface area contributed by atoms with E-state index in [4.69, 9.17) is 5.26 Å². The number of hydrogen-bond donors (Lipinski definition) is 0. The summed E-state index contributed by atoms with van der Waals surface area (Å²) in [5.41, 5.74) is 0. The molecular formula is C6H7NO3. The molecule has 10 heavy (non-hydrogen) atoms. The Morgan fingerprint density at radius 2 is 2.50 bits per heavy atom. The monoisotopic (exact) mass is 141 g/mol. The Kier molecular flexibility index (Phi) is 5.01. The molecule has 54 valence electrons. The van der Waals surface area contributed by atoms with Crippen molar-refractivity contribution in [2.45, 2.75) is 0 Å². The van der Waals surface area contributed by atoms with Gasteiger partial charge in [0.2, 0.25) is 0 Å². The van der Waals surface area contributed by atoms with Crippen LogP contribution in [-0.4, -0.2) is 19.4 Å². The van der Waals surface area contributed by atoms with Crippen LogP contribution in [0.1, 0.15) is 0 Å². The maximum absolute atomic E-state index is 10.3. The molecule has 0 N–H and O–H groups in total. The Bertz CT molecular complexity index is 159. The Morgan fingerprint density at radius 3 is 3.00 bits per heavy atom. The predicted molar refractivity (Wildman–Crippen MR) is 32.7 cm³/mol. The smallest absolute Gasteiger partial charge is 0.332 e. The number of hydrogen-bond acceptors (Lipinski definition) is 4. The van der Waals surface area contributed by atoms with Gasteiger partial charge in [-0.2, -0.15) is 5.26 Å². The summed E-state index contributed by atoms with van der Waals surface area (Å²) in [6.07, 6.45) is 1.02. The van der Waals surface area contributed by atoms with E-state index in [-0.39, 0.29) is 13.4 Å². The van der Waals surface area contributed by atoms with Gasteiger partial charge >= 0.3 is 5.97 Å². The van der Waals surface area contributed by atoms with Crippen LogP contribution in [-0.2, 0) is 14.3 Å². The van der Waals surface area contributed by atoms with Gasteiger partial charge in [0.1, 0.15) is 6.61 Å². The van der Waals surface area contributed by atoms with Gasteiger partial charge in [0, 0.05) is 6.08 Å². The molecule has 0 unspecified atom stereocenters. The molecule has 0 spiro atoms. The molecule has 0 saturated carbocycles. The first kappa shape index (κ1) is 8.66. The van der Waals surface area contributed by atoms with Crippen LogP contribution in [0, 0.1) is 11.3 Å². The molecule has 4 heteroatoms. The Hall–Kier alpha value is -1.34. The Labute approximate surface area is 58.7 Å². The molecule has 0 bridgehead atoms. The van der Waals surface area contributed by atoms with E-state index in [1.54, 1.807) is 6.07 Å². The highest BCUT2D eigenvalue weighted by Gasteiger charge is 1.92. The molecule has 0 saturated heterocycles. The number of esters is 1. The second-order valence-electron chi connectivity index (χ2n) is 1.29. The quantitative estimate of drug-likeness (QED) is 0.243. The summed E-state index contributed by atoms with van der Waals surface area (Å²) in [5, 5.41) is 7.95. The third-order valence-corrected chi connectivity index (χ3v) is 0.618. The molecule has 4 nitrogen and oxygen atoms in total. The first-order valence-electron chi connectivity index (χ1n) is 2.55. The highest BCUT2D eigenvalue weighted by molar-refractivity contribution is 5.81. The van der Waals surface area contributed by atoms with Crippen molar-refractivity contribution >= 4 is 5.97 Å². The highest BCUT2D eigenvalue weighted by atomic mass is 16.7. The molecule has 0 radical (unpaired) electrons. The number of nitriles is 1. The normalized spacial score (nSPS) is 7.90. The molecule has 0 heterocycles. The van der Waals surface area contributed by atoms with Gasteiger partial charge in [0.05, 0.1) is 6.07 Å². The van der Waals surface area contributed by atoms with Crippen molar-refractivity contribution in [3.05, 3.63) is 12.7 Å². The molecule has 0 aliphatic carbocycles. The van der Waals surface area contributed by atoms with Crippen molar-refractivity contribution in [1.82, 2.24) is 0 Å². The second kappa shape index (κ2) is 5.79. The van der Waals surface area contributed by atoms with Gasteiger partial charge in [-0.3, -0.25) is 0 Å². The summed E-state index contributed by atoms with van der Waals surface area (Å²) in [6, 6.07) is 1.72. The largest absolute Gasteiger partial charge is 0.435 e. The third-order valence-electron chi connectivity index (χ3n) is 0.618. The first-order chi connectivity index (χ1) is 4.81. The van der Waals surface area contributed by atoms with Crippen molar-refractivity contribution in [2.24, 2.45) is 0 Å². The lowest BCUT2D eigenvalue weighted by Crippen LogP contribution is -2.05. The van der Waals surface area contributed by atoms with E-state index in [1.165, 1.54) is 0 Å². The van der Waals surface area contributed by atoms with Crippen LogP contribution >= 0.6 is 0 Å². The average Bonchev–Trinajstić information content (AvgIpc) is 1.98. The predicted octanol–water partition coefficient (Wildman–Crippen LogP) is 0.213. The zero-order valence-corrected chi connectivity index (χ0v) is 5.37. The van der Waals surface area contributed by atoms with Crippen LogP contribution in [0.2, 0.25) is 0 Å². The summed E-state index contributed by atoms with van der Waals surface area (Å²) < 4.78 is 8.87. The lowest BCUT2D eigenvalue weighted by atomic mass is 10.7. The summed E-state index contributed by atoms with van der Waals surface area (Å²) in [4.78, 5) is 10.3. The van der Waals surface area contributed by atoms with Gasteiger partial charge < -0.3 is 9.47 Å². The summed E-state index contributed by atoms with van der Waals surface area (Å²) in [7, 11) is 0. The number of carbonyl (C=O) groups excluding carboxylic acids is 1. The van der Waals surface area contributed by atoms with E-state index in [2.05, 4.69) is 16.1 Å². The fourth-order valence-corrected chi connectivity index (χ4v) is 0.246. The van der Waals surface area contributed by atoms with Crippen molar-refractivity contribution in [3.8, 4) is 6.07 Å². The van der Waals surface area contributed by atoms with Crippen LogP contribution in [0.15, 0.2) is 12.7 Å². The van der Waals surface area contributed by atoms with Crippen LogP contribution in [0.5, 0.6) is 0 Å². The fourth-order valence-electron chi connectivity index (χ4n) is 0.246. The van der Waals surface area contributed by atoms with E-state index in [1.807, 2.05) is 0 Å². The van der Waals surface area contributed by atoms with Crippen LogP contribution in [0.25, 0.3) is 0 Å². The zero-order chi connectivity index (χ0) is 7.82. The van der Waals surface area contributed by atoms with Crippen LogP contribution < -0.4 is 0 Å². The minimum absolute atomic E-state index is 0.0789.